The normalized spacial score (nSPS) is 15.1. The van der Waals surface area contributed by atoms with Crippen molar-refractivity contribution in [1.29, 1.82) is 0 Å². The zero-order chi connectivity index (χ0) is 13.6. The number of amides is 1. The first-order valence-corrected chi connectivity index (χ1v) is 6.52. The first-order chi connectivity index (χ1) is 9.06. The minimum absolute atomic E-state index is 0.124. The molecule has 0 aliphatic heterocycles. The van der Waals surface area contributed by atoms with E-state index in [1.165, 1.54) is 0 Å². The van der Waals surface area contributed by atoms with Crippen LogP contribution in [0.4, 0.5) is 5.82 Å². The Hall–Kier alpha value is -2.11. The Kier molecular flexibility index (Phi) is 2.66. The van der Waals surface area contributed by atoms with Crippen molar-refractivity contribution >= 4 is 22.8 Å². The molecule has 0 aromatic carbocycles. The summed E-state index contributed by atoms with van der Waals surface area (Å²) >= 11 is 0. The van der Waals surface area contributed by atoms with E-state index in [4.69, 9.17) is 5.73 Å². The number of nitrogen functional groups attached to an aromatic ring is 1. The lowest BCUT2D eigenvalue weighted by molar-refractivity contribution is 0.0946. The van der Waals surface area contributed by atoms with Crippen LogP contribution in [0.1, 0.15) is 43.2 Å². The minimum Gasteiger partial charge on any atom is -0.384 e. The summed E-state index contributed by atoms with van der Waals surface area (Å²) in [6.45, 7) is 4.00. The van der Waals surface area contributed by atoms with Crippen molar-refractivity contribution in [3.63, 3.8) is 0 Å². The summed E-state index contributed by atoms with van der Waals surface area (Å²) < 4.78 is 1.74. The zero-order valence-electron chi connectivity index (χ0n) is 11.1. The molecule has 0 unspecified atom stereocenters. The Bertz CT molecular complexity index is 642. The fourth-order valence-corrected chi connectivity index (χ4v) is 2.04. The number of nitrogens with one attached hydrogen (secondary N) is 1. The van der Waals surface area contributed by atoms with E-state index in [2.05, 4.69) is 15.4 Å². The molecule has 19 heavy (non-hydrogen) atoms. The Labute approximate surface area is 111 Å². The van der Waals surface area contributed by atoms with Crippen LogP contribution in [0.15, 0.2) is 12.1 Å². The van der Waals surface area contributed by atoms with Gasteiger partial charge in [0.15, 0.2) is 11.3 Å². The zero-order valence-corrected chi connectivity index (χ0v) is 11.1. The van der Waals surface area contributed by atoms with Gasteiger partial charge in [-0.05, 0) is 38.8 Å². The van der Waals surface area contributed by atoms with Crippen LogP contribution in [0, 0.1) is 0 Å². The molecule has 1 aliphatic carbocycles. The van der Waals surface area contributed by atoms with Crippen LogP contribution in [0.5, 0.6) is 0 Å². The molecule has 3 rings (SSSR count). The molecule has 100 valence electrons. The minimum atomic E-state index is -0.126. The van der Waals surface area contributed by atoms with E-state index in [9.17, 15) is 4.79 Å². The van der Waals surface area contributed by atoms with E-state index in [1.807, 2.05) is 19.9 Å². The molecular weight excluding hydrogens is 242 g/mol. The van der Waals surface area contributed by atoms with Crippen molar-refractivity contribution < 1.29 is 4.79 Å². The lowest BCUT2D eigenvalue weighted by Gasteiger charge is -2.05. The third-order valence-electron chi connectivity index (χ3n) is 3.19. The molecule has 6 heteroatoms. The monoisotopic (exact) mass is 259 g/mol. The highest BCUT2D eigenvalue weighted by Gasteiger charge is 2.27. The van der Waals surface area contributed by atoms with E-state index in [-0.39, 0.29) is 11.9 Å². The number of hydrogen-bond acceptors (Lipinski definition) is 4. The molecule has 0 spiro atoms. The number of fused-ring (bicyclic) bond motifs is 1. The highest BCUT2D eigenvalue weighted by Crippen LogP contribution is 2.23. The standard InChI is InChI=1S/C13H17N5O/c1-7(2)18-12-9(5-6-10(14)16-12)11(17-18)13(19)15-8-3-4-8/h5-8H,3-4H2,1-2H3,(H2,14,16)(H,15,19). The van der Waals surface area contributed by atoms with Gasteiger partial charge in [-0.15, -0.1) is 0 Å². The lowest BCUT2D eigenvalue weighted by atomic mass is 10.2. The fraction of sp³-hybridized carbons (Fsp3) is 0.462. The van der Waals surface area contributed by atoms with E-state index in [0.29, 0.717) is 23.2 Å². The van der Waals surface area contributed by atoms with Crippen molar-refractivity contribution in [3.05, 3.63) is 17.8 Å². The fourth-order valence-electron chi connectivity index (χ4n) is 2.04. The van der Waals surface area contributed by atoms with Gasteiger partial charge in [0.25, 0.3) is 5.91 Å². The second kappa shape index (κ2) is 4.22. The number of rotatable bonds is 3. The number of nitrogens with two attached hydrogens (primary N) is 1. The Morgan fingerprint density at radius 2 is 2.21 bits per heavy atom. The second-order valence-electron chi connectivity index (χ2n) is 5.24. The first kappa shape index (κ1) is 12.0. The summed E-state index contributed by atoms with van der Waals surface area (Å²) in [6, 6.07) is 3.95. The molecule has 0 atom stereocenters. The van der Waals surface area contributed by atoms with Crippen molar-refractivity contribution in [2.45, 2.75) is 38.8 Å². The molecule has 1 saturated carbocycles. The number of hydrogen-bond donors (Lipinski definition) is 2. The van der Waals surface area contributed by atoms with Crippen LogP contribution in [0.2, 0.25) is 0 Å². The Balaban J connectivity index is 2.10. The van der Waals surface area contributed by atoms with Gasteiger partial charge < -0.3 is 11.1 Å². The molecule has 0 bridgehead atoms. The maximum absolute atomic E-state index is 12.2. The van der Waals surface area contributed by atoms with Gasteiger partial charge in [-0.25, -0.2) is 9.67 Å². The van der Waals surface area contributed by atoms with Crippen molar-refractivity contribution in [2.24, 2.45) is 0 Å². The molecule has 0 saturated heterocycles. The maximum Gasteiger partial charge on any atom is 0.272 e. The van der Waals surface area contributed by atoms with Crippen LogP contribution < -0.4 is 11.1 Å². The third kappa shape index (κ3) is 2.14. The SMILES string of the molecule is CC(C)n1nc(C(=O)NC2CC2)c2ccc(N)nc21. The van der Waals surface area contributed by atoms with Gasteiger partial charge in [-0.2, -0.15) is 5.10 Å². The van der Waals surface area contributed by atoms with Crippen molar-refractivity contribution in [3.8, 4) is 0 Å². The number of anilines is 1. The largest absolute Gasteiger partial charge is 0.384 e. The highest BCUT2D eigenvalue weighted by atomic mass is 16.2. The average Bonchev–Trinajstić information content (AvgIpc) is 3.07. The van der Waals surface area contributed by atoms with Crippen LogP contribution in [0.3, 0.4) is 0 Å². The van der Waals surface area contributed by atoms with Crippen LogP contribution in [0.25, 0.3) is 11.0 Å². The van der Waals surface area contributed by atoms with E-state index < -0.39 is 0 Å². The van der Waals surface area contributed by atoms with Gasteiger partial charge in [0.1, 0.15) is 5.82 Å². The number of aromatic nitrogens is 3. The van der Waals surface area contributed by atoms with E-state index in [0.717, 1.165) is 18.2 Å². The average molecular weight is 259 g/mol. The topological polar surface area (TPSA) is 85.8 Å². The Morgan fingerprint density at radius 1 is 1.47 bits per heavy atom. The molecule has 3 N–H and O–H groups in total. The third-order valence-corrected chi connectivity index (χ3v) is 3.19. The predicted molar refractivity (Wildman–Crippen MR) is 72.8 cm³/mol. The number of pyridine rings is 1. The van der Waals surface area contributed by atoms with Gasteiger partial charge in [0.05, 0.1) is 5.39 Å². The highest BCUT2D eigenvalue weighted by molar-refractivity contribution is 6.04. The number of carbonyl (C=O) groups is 1. The van der Waals surface area contributed by atoms with Gasteiger partial charge in [0.2, 0.25) is 0 Å². The Morgan fingerprint density at radius 3 is 2.84 bits per heavy atom. The van der Waals surface area contributed by atoms with Crippen LogP contribution >= 0.6 is 0 Å². The molecule has 1 aliphatic rings. The summed E-state index contributed by atoms with van der Waals surface area (Å²) in [5, 5.41) is 8.10. The summed E-state index contributed by atoms with van der Waals surface area (Å²) in [5.74, 6) is 0.307. The van der Waals surface area contributed by atoms with Crippen LogP contribution in [-0.2, 0) is 0 Å². The lowest BCUT2D eigenvalue weighted by Crippen LogP contribution is -2.26. The molecule has 2 heterocycles. The van der Waals surface area contributed by atoms with E-state index in [1.54, 1.807) is 10.7 Å². The molecule has 1 fully saturated rings. The molecule has 0 radical (unpaired) electrons. The number of carbonyl (C=O) groups excluding carboxylic acids is 1. The summed E-state index contributed by atoms with van der Waals surface area (Å²) in [4.78, 5) is 16.5. The van der Waals surface area contributed by atoms with E-state index >= 15 is 0 Å². The summed E-state index contributed by atoms with van der Waals surface area (Å²) in [6.07, 6.45) is 2.11. The molecular formula is C13H17N5O. The van der Waals surface area contributed by atoms with Gasteiger partial charge in [0, 0.05) is 12.1 Å². The summed E-state index contributed by atoms with van der Waals surface area (Å²) in [5.41, 5.74) is 6.81. The van der Waals surface area contributed by atoms with Crippen molar-refractivity contribution in [1.82, 2.24) is 20.1 Å². The van der Waals surface area contributed by atoms with Gasteiger partial charge >= 0.3 is 0 Å². The predicted octanol–water partition coefficient (Wildman–Crippen LogP) is 1.49. The summed E-state index contributed by atoms with van der Waals surface area (Å²) in [7, 11) is 0. The first-order valence-electron chi connectivity index (χ1n) is 6.52. The van der Waals surface area contributed by atoms with Crippen molar-refractivity contribution in [2.75, 3.05) is 5.73 Å². The molecule has 2 aromatic rings. The molecule has 2 aromatic heterocycles. The number of nitrogens with zero attached hydrogens (tertiary/aromatic N) is 3. The smallest absolute Gasteiger partial charge is 0.272 e. The quantitative estimate of drug-likeness (QED) is 0.874. The van der Waals surface area contributed by atoms with Gasteiger partial charge in [-0.1, -0.05) is 0 Å². The van der Waals surface area contributed by atoms with Gasteiger partial charge in [-0.3, -0.25) is 4.79 Å². The molecule has 1 amide bonds. The maximum atomic E-state index is 12.2. The van der Waals surface area contributed by atoms with Crippen LogP contribution in [-0.4, -0.2) is 26.7 Å². The second-order valence-corrected chi connectivity index (χ2v) is 5.24. The molecule has 6 nitrogen and oxygen atoms in total.